The second kappa shape index (κ2) is 5.95. The van der Waals surface area contributed by atoms with Crippen LogP contribution in [-0.4, -0.2) is 20.0 Å². The third kappa shape index (κ3) is 2.89. The van der Waals surface area contributed by atoms with Gasteiger partial charge in [-0.2, -0.15) is 0 Å². The zero-order valence-corrected chi connectivity index (χ0v) is 12.5. The van der Waals surface area contributed by atoms with E-state index in [-0.39, 0.29) is 11.6 Å². The number of methoxy groups -OCH3 is 2. The van der Waals surface area contributed by atoms with E-state index in [2.05, 4.69) is 0 Å². The molecule has 0 aromatic heterocycles. The van der Waals surface area contributed by atoms with Crippen LogP contribution in [-0.2, 0) is 0 Å². The van der Waals surface area contributed by atoms with Crippen LogP contribution in [0.4, 0.5) is 4.39 Å². The molecule has 2 rings (SSSR count). The van der Waals surface area contributed by atoms with Gasteiger partial charge in [0.25, 0.3) is 0 Å². The minimum atomic E-state index is -0.288. The fraction of sp³-hybridized carbons (Fsp3) is 0.235. The molecule has 0 aliphatic heterocycles. The fourth-order valence-electron chi connectivity index (χ4n) is 2.22. The number of hydrogen-bond acceptors (Lipinski definition) is 3. The second-order valence-corrected chi connectivity index (χ2v) is 4.82. The highest BCUT2D eigenvalue weighted by molar-refractivity contribution is 6.11. The number of ketones is 1. The van der Waals surface area contributed by atoms with Gasteiger partial charge in [-0.05, 0) is 55.3 Å². The molecule has 2 aromatic carbocycles. The maximum absolute atomic E-state index is 13.7. The molecule has 2 aromatic rings. The molecule has 0 saturated heterocycles. The highest BCUT2D eigenvalue weighted by Gasteiger charge is 2.17. The minimum absolute atomic E-state index is 0.225. The zero-order chi connectivity index (χ0) is 15.6. The van der Waals surface area contributed by atoms with E-state index in [0.717, 1.165) is 0 Å². The van der Waals surface area contributed by atoms with Crippen molar-refractivity contribution < 1.29 is 18.7 Å². The van der Waals surface area contributed by atoms with Gasteiger partial charge in [0, 0.05) is 5.56 Å². The number of rotatable bonds is 4. The third-order valence-electron chi connectivity index (χ3n) is 3.35. The molecule has 0 aliphatic rings. The molecule has 0 atom stereocenters. The zero-order valence-electron chi connectivity index (χ0n) is 12.5. The summed E-state index contributed by atoms with van der Waals surface area (Å²) >= 11 is 0. The Morgan fingerprint density at radius 3 is 2.14 bits per heavy atom. The van der Waals surface area contributed by atoms with Crippen LogP contribution in [0.2, 0.25) is 0 Å². The Kier molecular flexibility index (Phi) is 4.26. The minimum Gasteiger partial charge on any atom is -0.497 e. The van der Waals surface area contributed by atoms with Gasteiger partial charge in [0.15, 0.2) is 5.78 Å². The number of ether oxygens (including phenoxy) is 2. The van der Waals surface area contributed by atoms with Crippen LogP contribution in [0.1, 0.15) is 27.0 Å². The number of halogens is 1. The van der Waals surface area contributed by atoms with Crippen LogP contribution in [0.25, 0.3) is 0 Å². The molecular weight excluding hydrogens is 271 g/mol. The monoisotopic (exact) mass is 288 g/mol. The first kappa shape index (κ1) is 15.0. The largest absolute Gasteiger partial charge is 0.497 e. The molecular formula is C17H17FO3. The van der Waals surface area contributed by atoms with E-state index in [1.165, 1.54) is 14.2 Å². The fourth-order valence-corrected chi connectivity index (χ4v) is 2.22. The van der Waals surface area contributed by atoms with E-state index in [4.69, 9.17) is 9.47 Å². The van der Waals surface area contributed by atoms with Crippen LogP contribution in [0, 0.1) is 19.7 Å². The van der Waals surface area contributed by atoms with Crippen LogP contribution >= 0.6 is 0 Å². The number of benzene rings is 2. The quantitative estimate of drug-likeness (QED) is 0.805. The summed E-state index contributed by atoms with van der Waals surface area (Å²) in [5.74, 6) is 0.510. The lowest BCUT2D eigenvalue weighted by Crippen LogP contribution is -2.06. The van der Waals surface area contributed by atoms with Gasteiger partial charge in [0.2, 0.25) is 0 Å². The molecule has 110 valence electrons. The van der Waals surface area contributed by atoms with Crippen molar-refractivity contribution in [3.05, 3.63) is 58.4 Å². The van der Waals surface area contributed by atoms with Crippen molar-refractivity contribution >= 4 is 5.78 Å². The standard InChI is InChI=1S/C17H17FO3/c1-10-7-12(8-11(2)16(10)18)17(19)14-9-13(20-3)5-6-15(14)21-4/h5-9H,1-4H3. The van der Waals surface area contributed by atoms with Crippen molar-refractivity contribution in [2.24, 2.45) is 0 Å². The maximum Gasteiger partial charge on any atom is 0.196 e. The van der Waals surface area contributed by atoms with Crippen LogP contribution < -0.4 is 9.47 Å². The molecule has 3 nitrogen and oxygen atoms in total. The van der Waals surface area contributed by atoms with Gasteiger partial charge in [-0.1, -0.05) is 0 Å². The van der Waals surface area contributed by atoms with E-state index in [0.29, 0.717) is 33.8 Å². The molecule has 0 amide bonds. The first-order valence-electron chi connectivity index (χ1n) is 6.51. The summed E-state index contributed by atoms with van der Waals surface area (Å²) in [7, 11) is 3.03. The Bertz CT molecular complexity index is 669. The van der Waals surface area contributed by atoms with Crippen LogP contribution in [0.3, 0.4) is 0 Å². The van der Waals surface area contributed by atoms with Crippen molar-refractivity contribution in [2.45, 2.75) is 13.8 Å². The molecule has 0 bridgehead atoms. The lowest BCUT2D eigenvalue weighted by atomic mass is 9.98. The molecule has 0 N–H and O–H groups in total. The predicted octanol–water partition coefficient (Wildman–Crippen LogP) is 3.69. The smallest absolute Gasteiger partial charge is 0.196 e. The lowest BCUT2D eigenvalue weighted by molar-refractivity contribution is 0.103. The Balaban J connectivity index is 2.54. The summed E-state index contributed by atoms with van der Waals surface area (Å²) < 4.78 is 24.0. The van der Waals surface area contributed by atoms with E-state index in [1.807, 2.05) is 0 Å². The van der Waals surface area contributed by atoms with Crippen LogP contribution in [0.15, 0.2) is 30.3 Å². The van der Waals surface area contributed by atoms with Gasteiger partial charge in [0.05, 0.1) is 19.8 Å². The summed E-state index contributed by atoms with van der Waals surface area (Å²) in [6.45, 7) is 3.28. The average Bonchev–Trinajstić information content (AvgIpc) is 2.50. The molecule has 4 heteroatoms. The summed E-state index contributed by atoms with van der Waals surface area (Å²) in [6, 6.07) is 8.11. The number of carbonyl (C=O) groups is 1. The van der Waals surface area contributed by atoms with E-state index in [1.54, 1.807) is 44.2 Å². The summed E-state index contributed by atoms with van der Waals surface area (Å²) in [4.78, 5) is 12.7. The first-order valence-corrected chi connectivity index (χ1v) is 6.51. The molecule has 21 heavy (non-hydrogen) atoms. The van der Waals surface area contributed by atoms with Crippen LogP contribution in [0.5, 0.6) is 11.5 Å². The number of aryl methyl sites for hydroxylation is 2. The summed E-state index contributed by atoms with van der Waals surface area (Å²) in [6.07, 6.45) is 0. The van der Waals surface area contributed by atoms with E-state index < -0.39 is 0 Å². The molecule has 0 aliphatic carbocycles. The van der Waals surface area contributed by atoms with E-state index in [9.17, 15) is 9.18 Å². The Morgan fingerprint density at radius 2 is 1.62 bits per heavy atom. The number of hydrogen-bond donors (Lipinski definition) is 0. The van der Waals surface area contributed by atoms with E-state index >= 15 is 0 Å². The molecule has 0 unspecified atom stereocenters. The summed E-state index contributed by atoms with van der Waals surface area (Å²) in [5, 5.41) is 0. The summed E-state index contributed by atoms with van der Waals surface area (Å²) in [5.41, 5.74) is 1.71. The Labute approximate surface area is 123 Å². The van der Waals surface area contributed by atoms with Gasteiger partial charge in [-0.25, -0.2) is 4.39 Å². The van der Waals surface area contributed by atoms with Gasteiger partial charge >= 0.3 is 0 Å². The predicted molar refractivity (Wildman–Crippen MR) is 78.9 cm³/mol. The molecule has 0 heterocycles. The van der Waals surface area contributed by atoms with Crippen molar-refractivity contribution in [3.63, 3.8) is 0 Å². The Morgan fingerprint density at radius 1 is 1.00 bits per heavy atom. The Hall–Kier alpha value is -2.36. The maximum atomic E-state index is 13.7. The first-order chi connectivity index (χ1) is 9.97. The second-order valence-electron chi connectivity index (χ2n) is 4.82. The number of carbonyl (C=O) groups excluding carboxylic acids is 1. The third-order valence-corrected chi connectivity index (χ3v) is 3.35. The lowest BCUT2D eigenvalue weighted by Gasteiger charge is -2.11. The molecule has 0 radical (unpaired) electrons. The van der Waals surface area contributed by atoms with Crippen molar-refractivity contribution in [1.29, 1.82) is 0 Å². The SMILES string of the molecule is COc1ccc(OC)c(C(=O)c2cc(C)c(F)c(C)c2)c1. The van der Waals surface area contributed by atoms with Gasteiger partial charge in [-0.15, -0.1) is 0 Å². The highest BCUT2D eigenvalue weighted by atomic mass is 19.1. The van der Waals surface area contributed by atoms with Crippen molar-refractivity contribution in [1.82, 2.24) is 0 Å². The molecule has 0 spiro atoms. The van der Waals surface area contributed by atoms with Gasteiger partial charge < -0.3 is 9.47 Å². The average molecular weight is 288 g/mol. The van der Waals surface area contributed by atoms with Crippen molar-refractivity contribution in [3.8, 4) is 11.5 Å². The van der Waals surface area contributed by atoms with Gasteiger partial charge in [-0.3, -0.25) is 4.79 Å². The van der Waals surface area contributed by atoms with Gasteiger partial charge in [0.1, 0.15) is 17.3 Å². The van der Waals surface area contributed by atoms with Crippen molar-refractivity contribution in [2.75, 3.05) is 14.2 Å². The topological polar surface area (TPSA) is 35.5 Å². The highest BCUT2D eigenvalue weighted by Crippen LogP contribution is 2.27. The molecule has 0 fully saturated rings. The normalized spacial score (nSPS) is 10.3. The molecule has 0 saturated carbocycles.